The smallest absolute Gasteiger partial charge is 0.227 e. The predicted octanol–water partition coefficient (Wildman–Crippen LogP) is -0.0193. The molecule has 6 heteroatoms. The first kappa shape index (κ1) is 13.3. The van der Waals surface area contributed by atoms with Gasteiger partial charge in [0.05, 0.1) is 12.1 Å². The summed E-state index contributed by atoms with van der Waals surface area (Å²) in [5, 5.41) is 3.30. The van der Waals surface area contributed by atoms with E-state index in [4.69, 9.17) is 0 Å². The van der Waals surface area contributed by atoms with Gasteiger partial charge in [-0.2, -0.15) is 0 Å². The van der Waals surface area contributed by atoms with E-state index in [-0.39, 0.29) is 5.92 Å². The summed E-state index contributed by atoms with van der Waals surface area (Å²) in [5.74, 6) is 1.80. The molecule has 2 fully saturated rings. The Morgan fingerprint density at radius 3 is 2.65 bits per heavy atom. The van der Waals surface area contributed by atoms with Crippen molar-refractivity contribution in [3.63, 3.8) is 0 Å². The molecule has 0 bridgehead atoms. The minimum Gasteiger partial charge on any atom is -0.352 e. The summed E-state index contributed by atoms with van der Waals surface area (Å²) in [7, 11) is 0. The highest BCUT2D eigenvalue weighted by Crippen LogP contribution is 2.20. The first-order valence-electron chi connectivity index (χ1n) is 7.26. The number of piperazine rings is 1. The SMILES string of the molecule is CC1CNCC1C(=O)N1CCN(c2cnccn2)CC1. The van der Waals surface area contributed by atoms with Gasteiger partial charge in [0.25, 0.3) is 0 Å². The topological polar surface area (TPSA) is 61.4 Å². The lowest BCUT2D eigenvalue weighted by atomic mass is 9.96. The summed E-state index contributed by atoms with van der Waals surface area (Å²) in [6.45, 7) is 7.15. The third-order valence-electron chi connectivity index (χ3n) is 4.30. The van der Waals surface area contributed by atoms with Gasteiger partial charge in [-0.1, -0.05) is 6.92 Å². The highest BCUT2D eigenvalue weighted by molar-refractivity contribution is 5.80. The monoisotopic (exact) mass is 275 g/mol. The molecule has 1 aromatic rings. The first-order valence-corrected chi connectivity index (χ1v) is 7.26. The molecule has 1 amide bonds. The number of hydrogen-bond donors (Lipinski definition) is 1. The van der Waals surface area contributed by atoms with Gasteiger partial charge in [-0.3, -0.25) is 9.78 Å². The zero-order valence-electron chi connectivity index (χ0n) is 11.8. The fraction of sp³-hybridized carbons (Fsp3) is 0.643. The van der Waals surface area contributed by atoms with E-state index in [0.717, 1.165) is 45.1 Å². The Hall–Kier alpha value is -1.69. The van der Waals surface area contributed by atoms with Crippen molar-refractivity contribution in [2.75, 3.05) is 44.2 Å². The number of hydrogen-bond acceptors (Lipinski definition) is 5. The highest BCUT2D eigenvalue weighted by Gasteiger charge is 2.34. The van der Waals surface area contributed by atoms with E-state index >= 15 is 0 Å². The number of anilines is 1. The summed E-state index contributed by atoms with van der Waals surface area (Å²) in [5.41, 5.74) is 0. The Labute approximate surface area is 119 Å². The predicted molar refractivity (Wildman–Crippen MR) is 76.3 cm³/mol. The molecule has 0 aromatic carbocycles. The van der Waals surface area contributed by atoms with E-state index < -0.39 is 0 Å². The number of rotatable bonds is 2. The molecule has 0 spiro atoms. The Morgan fingerprint density at radius 2 is 2.05 bits per heavy atom. The van der Waals surface area contributed by atoms with Gasteiger partial charge >= 0.3 is 0 Å². The number of carbonyl (C=O) groups excluding carboxylic acids is 1. The van der Waals surface area contributed by atoms with Crippen LogP contribution in [0.5, 0.6) is 0 Å². The van der Waals surface area contributed by atoms with Crippen LogP contribution in [0.25, 0.3) is 0 Å². The van der Waals surface area contributed by atoms with Crippen molar-refractivity contribution in [1.82, 2.24) is 20.2 Å². The molecule has 0 aliphatic carbocycles. The third-order valence-corrected chi connectivity index (χ3v) is 4.30. The van der Waals surface area contributed by atoms with Gasteiger partial charge in [-0.05, 0) is 12.5 Å². The molecule has 20 heavy (non-hydrogen) atoms. The van der Waals surface area contributed by atoms with Crippen LogP contribution in [0.15, 0.2) is 18.6 Å². The van der Waals surface area contributed by atoms with Crippen LogP contribution in [-0.4, -0.2) is 60.0 Å². The molecule has 6 nitrogen and oxygen atoms in total. The highest BCUT2D eigenvalue weighted by atomic mass is 16.2. The van der Waals surface area contributed by atoms with Crippen LogP contribution in [0.2, 0.25) is 0 Å². The van der Waals surface area contributed by atoms with Gasteiger partial charge in [-0.25, -0.2) is 4.98 Å². The van der Waals surface area contributed by atoms with E-state index in [1.54, 1.807) is 18.6 Å². The van der Waals surface area contributed by atoms with E-state index in [1.807, 2.05) is 4.90 Å². The first-order chi connectivity index (χ1) is 9.75. The van der Waals surface area contributed by atoms with E-state index in [0.29, 0.717) is 11.8 Å². The Morgan fingerprint density at radius 1 is 1.25 bits per heavy atom. The molecule has 108 valence electrons. The molecule has 0 radical (unpaired) electrons. The molecule has 0 saturated carbocycles. The second-order valence-electron chi connectivity index (χ2n) is 5.62. The van der Waals surface area contributed by atoms with Gasteiger partial charge < -0.3 is 15.1 Å². The second-order valence-corrected chi connectivity index (χ2v) is 5.62. The molecular weight excluding hydrogens is 254 g/mol. The Bertz CT molecular complexity index is 458. The molecule has 2 aliphatic rings. The average Bonchev–Trinajstić information content (AvgIpc) is 2.94. The van der Waals surface area contributed by atoms with Crippen LogP contribution in [0, 0.1) is 11.8 Å². The summed E-state index contributed by atoms with van der Waals surface area (Å²) in [6.07, 6.45) is 5.16. The molecule has 3 rings (SSSR count). The van der Waals surface area contributed by atoms with Crippen LogP contribution >= 0.6 is 0 Å². The van der Waals surface area contributed by atoms with Gasteiger partial charge in [0.1, 0.15) is 5.82 Å². The fourth-order valence-electron chi connectivity index (χ4n) is 2.99. The van der Waals surface area contributed by atoms with Crippen LogP contribution in [0.4, 0.5) is 5.82 Å². The fourth-order valence-corrected chi connectivity index (χ4v) is 2.99. The van der Waals surface area contributed by atoms with Crippen LogP contribution in [0.3, 0.4) is 0 Å². The maximum atomic E-state index is 12.5. The van der Waals surface area contributed by atoms with E-state index in [2.05, 4.69) is 27.1 Å². The maximum Gasteiger partial charge on any atom is 0.227 e. The lowest BCUT2D eigenvalue weighted by molar-refractivity contribution is -0.136. The lowest BCUT2D eigenvalue weighted by Gasteiger charge is -2.36. The summed E-state index contributed by atoms with van der Waals surface area (Å²) >= 11 is 0. The van der Waals surface area contributed by atoms with Crippen molar-refractivity contribution in [2.45, 2.75) is 6.92 Å². The zero-order valence-corrected chi connectivity index (χ0v) is 11.8. The lowest BCUT2D eigenvalue weighted by Crippen LogP contribution is -2.51. The molecule has 2 atom stereocenters. The van der Waals surface area contributed by atoms with Crippen molar-refractivity contribution in [2.24, 2.45) is 11.8 Å². The quantitative estimate of drug-likeness (QED) is 0.822. The van der Waals surface area contributed by atoms with Crippen molar-refractivity contribution in [3.05, 3.63) is 18.6 Å². The molecule has 2 aliphatic heterocycles. The number of nitrogens with zero attached hydrogens (tertiary/aromatic N) is 4. The molecule has 2 saturated heterocycles. The van der Waals surface area contributed by atoms with Crippen LogP contribution in [0.1, 0.15) is 6.92 Å². The van der Waals surface area contributed by atoms with E-state index in [1.165, 1.54) is 0 Å². The van der Waals surface area contributed by atoms with Crippen molar-refractivity contribution < 1.29 is 4.79 Å². The summed E-state index contributed by atoms with van der Waals surface area (Å²) < 4.78 is 0. The van der Waals surface area contributed by atoms with Gasteiger partial charge in [-0.15, -0.1) is 0 Å². The van der Waals surface area contributed by atoms with Gasteiger partial charge in [0.15, 0.2) is 0 Å². The van der Waals surface area contributed by atoms with Gasteiger partial charge in [0, 0.05) is 45.1 Å². The summed E-state index contributed by atoms with van der Waals surface area (Å²) in [4.78, 5) is 25.1. The minimum absolute atomic E-state index is 0.151. The average molecular weight is 275 g/mol. The minimum atomic E-state index is 0.151. The number of aromatic nitrogens is 2. The maximum absolute atomic E-state index is 12.5. The molecule has 1 N–H and O–H groups in total. The Balaban J connectivity index is 1.57. The zero-order chi connectivity index (χ0) is 13.9. The van der Waals surface area contributed by atoms with Gasteiger partial charge in [0.2, 0.25) is 5.91 Å². The largest absolute Gasteiger partial charge is 0.352 e. The molecule has 2 unspecified atom stereocenters. The van der Waals surface area contributed by atoms with Crippen molar-refractivity contribution in [3.8, 4) is 0 Å². The van der Waals surface area contributed by atoms with Crippen LogP contribution < -0.4 is 10.2 Å². The van der Waals surface area contributed by atoms with Crippen molar-refractivity contribution >= 4 is 11.7 Å². The summed E-state index contributed by atoms with van der Waals surface area (Å²) in [6, 6.07) is 0. The van der Waals surface area contributed by atoms with Crippen LogP contribution in [-0.2, 0) is 4.79 Å². The number of nitrogens with one attached hydrogen (secondary N) is 1. The molecule has 3 heterocycles. The molecular formula is C14H21N5O. The third kappa shape index (κ3) is 2.60. The normalized spacial score (nSPS) is 26.9. The van der Waals surface area contributed by atoms with E-state index in [9.17, 15) is 4.79 Å². The van der Waals surface area contributed by atoms with Crippen molar-refractivity contribution in [1.29, 1.82) is 0 Å². The molecule has 1 aromatic heterocycles. The number of carbonyl (C=O) groups is 1. The standard InChI is InChI=1S/C14H21N5O/c1-11-8-16-9-12(11)14(20)19-6-4-18(5-7-19)13-10-15-2-3-17-13/h2-3,10-12,16H,4-9H2,1H3. The second kappa shape index (κ2) is 5.75. The Kier molecular flexibility index (Phi) is 3.82. The number of amides is 1.